The fourth-order valence-electron chi connectivity index (χ4n) is 2.38. The van der Waals surface area contributed by atoms with Crippen molar-refractivity contribution in [2.75, 3.05) is 19.5 Å². The average Bonchev–Trinajstić information content (AvgIpc) is 3.07. The number of anilines is 1. The molecule has 0 aliphatic heterocycles. The summed E-state index contributed by atoms with van der Waals surface area (Å²) < 4.78 is 12.4. The van der Waals surface area contributed by atoms with E-state index in [4.69, 9.17) is 9.47 Å². The molecule has 0 saturated carbocycles. The molecule has 7 heteroatoms. The Morgan fingerprint density at radius 1 is 1.12 bits per heavy atom. The van der Waals surface area contributed by atoms with Crippen LogP contribution in [0.1, 0.15) is 10.4 Å². The lowest BCUT2D eigenvalue weighted by molar-refractivity contribution is 0.102. The molecule has 26 heavy (non-hydrogen) atoms. The van der Waals surface area contributed by atoms with Crippen molar-refractivity contribution >= 4 is 23.4 Å². The third kappa shape index (κ3) is 3.83. The van der Waals surface area contributed by atoms with Crippen molar-refractivity contribution in [3.05, 3.63) is 60.4 Å². The van der Waals surface area contributed by atoms with E-state index in [-0.39, 0.29) is 5.91 Å². The first-order valence-electron chi connectivity index (χ1n) is 7.90. The lowest BCUT2D eigenvalue weighted by Gasteiger charge is -2.12. The number of imidazole rings is 1. The zero-order chi connectivity index (χ0) is 18.5. The van der Waals surface area contributed by atoms with Crippen LogP contribution in [0.3, 0.4) is 0 Å². The van der Waals surface area contributed by atoms with Gasteiger partial charge in [-0.2, -0.15) is 0 Å². The molecule has 1 amide bonds. The summed E-state index contributed by atoms with van der Waals surface area (Å²) in [4.78, 5) is 17.9. The third-order valence-corrected chi connectivity index (χ3v) is 4.91. The van der Waals surface area contributed by atoms with E-state index in [0.717, 1.165) is 15.7 Å². The average molecular weight is 369 g/mol. The van der Waals surface area contributed by atoms with Crippen molar-refractivity contribution in [2.24, 2.45) is 7.05 Å². The number of rotatable bonds is 6. The van der Waals surface area contributed by atoms with Crippen LogP contribution in [0.5, 0.6) is 11.5 Å². The van der Waals surface area contributed by atoms with E-state index < -0.39 is 0 Å². The Labute approximate surface area is 156 Å². The maximum atomic E-state index is 12.7. The van der Waals surface area contributed by atoms with Gasteiger partial charge in [0, 0.05) is 29.9 Å². The number of nitrogens with zero attached hydrogens (tertiary/aromatic N) is 2. The molecule has 2 aromatic carbocycles. The first-order valence-corrected chi connectivity index (χ1v) is 8.71. The number of aromatic nitrogens is 2. The molecule has 0 saturated heterocycles. The highest BCUT2D eigenvalue weighted by Gasteiger charge is 2.14. The molecule has 0 unspecified atom stereocenters. The van der Waals surface area contributed by atoms with E-state index in [1.807, 2.05) is 42.1 Å². The number of para-hydroxylation sites is 1. The molecule has 134 valence electrons. The van der Waals surface area contributed by atoms with Gasteiger partial charge in [-0.3, -0.25) is 4.79 Å². The molecule has 0 radical (unpaired) electrons. The highest BCUT2D eigenvalue weighted by atomic mass is 32.2. The van der Waals surface area contributed by atoms with Crippen LogP contribution >= 0.6 is 11.8 Å². The maximum Gasteiger partial charge on any atom is 0.255 e. The van der Waals surface area contributed by atoms with Gasteiger partial charge >= 0.3 is 0 Å². The van der Waals surface area contributed by atoms with E-state index in [1.165, 1.54) is 11.8 Å². The van der Waals surface area contributed by atoms with E-state index in [9.17, 15) is 4.79 Å². The number of hydrogen-bond acceptors (Lipinski definition) is 5. The highest BCUT2D eigenvalue weighted by Crippen LogP contribution is 2.33. The Morgan fingerprint density at radius 2 is 1.88 bits per heavy atom. The van der Waals surface area contributed by atoms with Crippen LogP contribution in [-0.2, 0) is 7.05 Å². The van der Waals surface area contributed by atoms with Gasteiger partial charge in [0.05, 0.1) is 19.9 Å². The first kappa shape index (κ1) is 17.9. The second kappa shape index (κ2) is 7.97. The standard InChI is InChI=1S/C19H19N3O3S/c1-22-11-10-20-19(22)26-17-7-5-4-6-14(17)21-18(23)13-8-9-15(24-2)16(12-13)25-3/h4-12H,1-3H3,(H,21,23). The fraction of sp³-hybridized carbons (Fsp3) is 0.158. The number of aryl methyl sites for hydroxylation is 1. The Balaban J connectivity index is 1.83. The van der Waals surface area contributed by atoms with Crippen molar-refractivity contribution in [1.29, 1.82) is 0 Å². The van der Waals surface area contributed by atoms with Crippen LogP contribution in [0, 0.1) is 0 Å². The molecule has 1 heterocycles. The number of carbonyl (C=O) groups is 1. The zero-order valence-electron chi connectivity index (χ0n) is 14.7. The van der Waals surface area contributed by atoms with Crippen molar-refractivity contribution in [3.8, 4) is 11.5 Å². The Hall–Kier alpha value is -2.93. The van der Waals surface area contributed by atoms with Gasteiger partial charge in [-0.05, 0) is 42.1 Å². The van der Waals surface area contributed by atoms with Gasteiger partial charge in [0.1, 0.15) is 0 Å². The summed E-state index contributed by atoms with van der Waals surface area (Å²) in [5.74, 6) is 0.865. The molecule has 1 aromatic heterocycles. The number of methoxy groups -OCH3 is 2. The fourth-order valence-corrected chi connectivity index (χ4v) is 3.27. The molecule has 6 nitrogen and oxygen atoms in total. The molecule has 3 rings (SSSR count). The number of amides is 1. The largest absolute Gasteiger partial charge is 0.493 e. The molecule has 0 aliphatic rings. The maximum absolute atomic E-state index is 12.7. The highest BCUT2D eigenvalue weighted by molar-refractivity contribution is 7.99. The molecule has 0 aliphatic carbocycles. The number of nitrogens with one attached hydrogen (secondary N) is 1. The van der Waals surface area contributed by atoms with Crippen LogP contribution in [-0.4, -0.2) is 29.7 Å². The van der Waals surface area contributed by atoms with Crippen LogP contribution < -0.4 is 14.8 Å². The number of hydrogen-bond donors (Lipinski definition) is 1. The summed E-state index contributed by atoms with van der Waals surface area (Å²) in [7, 11) is 5.03. The quantitative estimate of drug-likeness (QED) is 0.715. The summed E-state index contributed by atoms with van der Waals surface area (Å²) in [5.41, 5.74) is 1.21. The Kier molecular flexibility index (Phi) is 5.48. The minimum absolute atomic E-state index is 0.223. The molecule has 0 atom stereocenters. The Bertz CT molecular complexity index is 924. The van der Waals surface area contributed by atoms with Gasteiger partial charge in [0.2, 0.25) is 0 Å². The normalized spacial score (nSPS) is 10.4. The summed E-state index contributed by atoms with van der Waals surface area (Å²) in [6, 6.07) is 12.7. The van der Waals surface area contributed by atoms with Gasteiger partial charge in [-0.25, -0.2) is 4.98 Å². The van der Waals surface area contributed by atoms with E-state index in [0.29, 0.717) is 17.1 Å². The van der Waals surface area contributed by atoms with Gasteiger partial charge in [0.25, 0.3) is 5.91 Å². The van der Waals surface area contributed by atoms with Crippen molar-refractivity contribution in [2.45, 2.75) is 10.1 Å². The smallest absolute Gasteiger partial charge is 0.255 e. The van der Waals surface area contributed by atoms with Crippen LogP contribution in [0.25, 0.3) is 0 Å². The predicted octanol–water partition coefficient (Wildman–Crippen LogP) is 3.84. The third-order valence-electron chi connectivity index (χ3n) is 3.76. The lowest BCUT2D eigenvalue weighted by atomic mass is 10.2. The number of ether oxygens (including phenoxy) is 2. The summed E-state index contributed by atoms with van der Waals surface area (Å²) in [6.07, 6.45) is 3.63. The van der Waals surface area contributed by atoms with Crippen molar-refractivity contribution in [1.82, 2.24) is 9.55 Å². The van der Waals surface area contributed by atoms with Crippen LogP contribution in [0.15, 0.2) is 64.9 Å². The van der Waals surface area contributed by atoms with Gasteiger partial charge in [-0.15, -0.1) is 0 Å². The minimum Gasteiger partial charge on any atom is -0.493 e. The van der Waals surface area contributed by atoms with Crippen LogP contribution in [0.4, 0.5) is 5.69 Å². The molecule has 1 N–H and O–H groups in total. The molecule has 3 aromatic rings. The summed E-state index contributed by atoms with van der Waals surface area (Å²) >= 11 is 1.49. The van der Waals surface area contributed by atoms with Crippen molar-refractivity contribution in [3.63, 3.8) is 0 Å². The van der Waals surface area contributed by atoms with E-state index in [2.05, 4.69) is 10.3 Å². The van der Waals surface area contributed by atoms with E-state index in [1.54, 1.807) is 38.6 Å². The van der Waals surface area contributed by atoms with Crippen LogP contribution in [0.2, 0.25) is 0 Å². The van der Waals surface area contributed by atoms with Gasteiger partial charge in [-0.1, -0.05) is 12.1 Å². The molecular formula is C19H19N3O3S. The molecule has 0 fully saturated rings. The van der Waals surface area contributed by atoms with Gasteiger partial charge in [0.15, 0.2) is 16.7 Å². The molecule has 0 bridgehead atoms. The molecular weight excluding hydrogens is 350 g/mol. The van der Waals surface area contributed by atoms with Gasteiger partial charge < -0.3 is 19.4 Å². The van der Waals surface area contributed by atoms with E-state index >= 15 is 0 Å². The topological polar surface area (TPSA) is 65.4 Å². The second-order valence-corrected chi connectivity index (χ2v) is 6.45. The minimum atomic E-state index is -0.223. The zero-order valence-corrected chi connectivity index (χ0v) is 15.5. The first-order chi connectivity index (χ1) is 12.6. The summed E-state index contributed by atoms with van der Waals surface area (Å²) in [6.45, 7) is 0. The number of benzene rings is 2. The second-order valence-electron chi connectivity index (χ2n) is 5.44. The Morgan fingerprint density at radius 3 is 2.58 bits per heavy atom. The summed E-state index contributed by atoms with van der Waals surface area (Å²) in [5, 5.41) is 3.80. The number of carbonyl (C=O) groups excluding carboxylic acids is 1. The molecule has 0 spiro atoms. The lowest BCUT2D eigenvalue weighted by Crippen LogP contribution is -2.12. The monoisotopic (exact) mass is 369 g/mol. The SMILES string of the molecule is COc1ccc(C(=O)Nc2ccccc2Sc2nccn2C)cc1OC. The van der Waals surface area contributed by atoms with Crippen molar-refractivity contribution < 1.29 is 14.3 Å². The predicted molar refractivity (Wildman–Crippen MR) is 101 cm³/mol.